The van der Waals surface area contributed by atoms with Crippen molar-refractivity contribution in [2.45, 2.75) is 6.92 Å². The molecular formula is C8H8Br2N2O2S2. The minimum Gasteiger partial charge on any atom is -0.450 e. The molecule has 2 N–H and O–H groups in total. The number of carbonyl (C=O) groups excluding carboxylic acids is 1. The Hall–Kier alpha value is -0.180. The number of carbonyl (C=O) groups is 1. The highest BCUT2D eigenvalue weighted by Gasteiger charge is 2.09. The molecule has 0 bridgehead atoms. The smallest absolute Gasteiger partial charge is 0.413 e. The molecule has 0 saturated heterocycles. The second-order valence-electron chi connectivity index (χ2n) is 2.53. The van der Waals surface area contributed by atoms with Crippen LogP contribution in [0.1, 0.15) is 6.92 Å². The van der Waals surface area contributed by atoms with Crippen LogP contribution in [0.25, 0.3) is 0 Å². The van der Waals surface area contributed by atoms with Crippen molar-refractivity contribution >= 4 is 71.6 Å². The Kier molecular flexibility index (Phi) is 5.67. The van der Waals surface area contributed by atoms with Gasteiger partial charge >= 0.3 is 6.09 Å². The van der Waals surface area contributed by atoms with Gasteiger partial charge in [0, 0.05) is 0 Å². The molecule has 1 aromatic heterocycles. The molecule has 1 amide bonds. The van der Waals surface area contributed by atoms with Crippen molar-refractivity contribution < 1.29 is 9.53 Å². The monoisotopic (exact) mass is 386 g/mol. The molecular weight excluding hydrogens is 380 g/mol. The van der Waals surface area contributed by atoms with Gasteiger partial charge in [-0.1, -0.05) is 0 Å². The maximum atomic E-state index is 11.1. The molecule has 0 fully saturated rings. The lowest BCUT2D eigenvalue weighted by Crippen LogP contribution is -2.34. The Balaban J connectivity index is 2.52. The van der Waals surface area contributed by atoms with E-state index in [1.54, 1.807) is 6.92 Å². The van der Waals surface area contributed by atoms with Gasteiger partial charge in [-0.05, 0) is 57.1 Å². The third-order valence-electron chi connectivity index (χ3n) is 1.37. The summed E-state index contributed by atoms with van der Waals surface area (Å²) in [5.74, 6) is 0. The van der Waals surface area contributed by atoms with Gasteiger partial charge < -0.3 is 10.1 Å². The van der Waals surface area contributed by atoms with Crippen LogP contribution in [0.5, 0.6) is 0 Å². The van der Waals surface area contributed by atoms with Gasteiger partial charge in [-0.15, -0.1) is 11.3 Å². The summed E-state index contributed by atoms with van der Waals surface area (Å²) in [6.45, 7) is 2.03. The summed E-state index contributed by atoms with van der Waals surface area (Å²) in [6, 6.07) is 1.89. The first kappa shape index (κ1) is 13.9. The lowest BCUT2D eigenvalue weighted by molar-refractivity contribution is 0.158. The van der Waals surface area contributed by atoms with Crippen LogP contribution in [0.15, 0.2) is 14.3 Å². The van der Waals surface area contributed by atoms with E-state index in [1.807, 2.05) is 6.07 Å². The minimum absolute atomic E-state index is 0.202. The van der Waals surface area contributed by atoms with E-state index in [9.17, 15) is 4.79 Å². The summed E-state index contributed by atoms with van der Waals surface area (Å²) in [4.78, 5) is 11.1. The van der Waals surface area contributed by atoms with E-state index in [1.165, 1.54) is 11.3 Å². The standard InChI is InChI=1S/C8H8Br2N2O2S2/c1-2-14-8(13)12-7(15)11-6-4(9)3-5(10)16-6/h3H,2H2,1H3,(H2,11,12,13,15). The summed E-state index contributed by atoms with van der Waals surface area (Å²) in [7, 11) is 0. The maximum absolute atomic E-state index is 11.1. The second kappa shape index (κ2) is 6.53. The van der Waals surface area contributed by atoms with E-state index in [0.717, 1.165) is 13.3 Å². The Labute approximate surface area is 119 Å². The lowest BCUT2D eigenvalue weighted by atomic mass is 10.6. The van der Waals surface area contributed by atoms with E-state index in [4.69, 9.17) is 17.0 Å². The van der Waals surface area contributed by atoms with Crippen molar-refractivity contribution in [1.82, 2.24) is 5.32 Å². The minimum atomic E-state index is -0.563. The summed E-state index contributed by atoms with van der Waals surface area (Å²) in [5, 5.41) is 6.29. The number of thiocarbonyl (C=S) groups is 1. The van der Waals surface area contributed by atoms with Gasteiger partial charge in [0.15, 0.2) is 5.11 Å². The fraction of sp³-hybridized carbons (Fsp3) is 0.250. The van der Waals surface area contributed by atoms with Crippen LogP contribution in [0, 0.1) is 0 Å². The molecule has 0 atom stereocenters. The normalized spacial score (nSPS) is 9.69. The molecule has 1 aromatic rings. The molecule has 16 heavy (non-hydrogen) atoms. The van der Waals surface area contributed by atoms with E-state index >= 15 is 0 Å². The molecule has 0 saturated carbocycles. The van der Waals surface area contributed by atoms with Crippen LogP contribution < -0.4 is 10.6 Å². The number of nitrogens with one attached hydrogen (secondary N) is 2. The van der Waals surface area contributed by atoms with Crippen LogP contribution in [-0.4, -0.2) is 17.8 Å². The van der Waals surface area contributed by atoms with Crippen molar-refractivity contribution in [3.63, 3.8) is 0 Å². The van der Waals surface area contributed by atoms with Gasteiger partial charge in [-0.25, -0.2) is 4.79 Å². The highest BCUT2D eigenvalue weighted by molar-refractivity contribution is 9.11. The molecule has 88 valence electrons. The summed E-state index contributed by atoms with van der Waals surface area (Å²) >= 11 is 13.1. The fourth-order valence-corrected chi connectivity index (χ4v) is 3.50. The van der Waals surface area contributed by atoms with Crippen molar-refractivity contribution in [1.29, 1.82) is 0 Å². The molecule has 0 radical (unpaired) electrons. The van der Waals surface area contributed by atoms with Gasteiger partial charge in [-0.3, -0.25) is 5.32 Å². The van der Waals surface area contributed by atoms with Crippen LogP contribution in [-0.2, 0) is 4.74 Å². The average Bonchev–Trinajstić information content (AvgIpc) is 2.44. The van der Waals surface area contributed by atoms with Gasteiger partial charge in [0.2, 0.25) is 0 Å². The Morgan fingerprint density at radius 1 is 1.62 bits per heavy atom. The van der Waals surface area contributed by atoms with Gasteiger partial charge in [0.25, 0.3) is 0 Å². The van der Waals surface area contributed by atoms with Crippen molar-refractivity contribution in [2.75, 3.05) is 11.9 Å². The first-order valence-electron chi connectivity index (χ1n) is 4.22. The van der Waals surface area contributed by atoms with Crippen molar-refractivity contribution in [3.8, 4) is 0 Å². The molecule has 0 spiro atoms. The number of amides is 1. The molecule has 0 aliphatic carbocycles. The molecule has 1 rings (SSSR count). The van der Waals surface area contributed by atoms with Gasteiger partial charge in [0.1, 0.15) is 5.00 Å². The van der Waals surface area contributed by atoms with Crippen LogP contribution in [0.2, 0.25) is 0 Å². The first-order chi connectivity index (χ1) is 7.52. The van der Waals surface area contributed by atoms with E-state index < -0.39 is 6.09 Å². The zero-order valence-corrected chi connectivity index (χ0v) is 13.0. The highest BCUT2D eigenvalue weighted by atomic mass is 79.9. The summed E-state index contributed by atoms with van der Waals surface area (Å²) < 4.78 is 6.52. The van der Waals surface area contributed by atoms with Crippen LogP contribution in [0.3, 0.4) is 0 Å². The molecule has 0 unspecified atom stereocenters. The molecule has 1 heterocycles. The first-order valence-corrected chi connectivity index (χ1v) is 7.03. The SMILES string of the molecule is CCOC(=O)NC(=S)Nc1sc(Br)cc1Br. The number of hydrogen-bond acceptors (Lipinski definition) is 4. The van der Waals surface area contributed by atoms with Crippen LogP contribution >= 0.6 is 55.4 Å². The molecule has 4 nitrogen and oxygen atoms in total. The lowest BCUT2D eigenvalue weighted by Gasteiger charge is -2.07. The summed E-state index contributed by atoms with van der Waals surface area (Å²) in [6.07, 6.45) is -0.563. The Morgan fingerprint density at radius 3 is 2.81 bits per heavy atom. The van der Waals surface area contributed by atoms with E-state index in [-0.39, 0.29) is 5.11 Å². The van der Waals surface area contributed by atoms with Crippen molar-refractivity contribution in [2.24, 2.45) is 0 Å². The predicted molar refractivity (Wildman–Crippen MR) is 76.1 cm³/mol. The zero-order chi connectivity index (χ0) is 12.1. The Morgan fingerprint density at radius 2 is 2.31 bits per heavy atom. The quantitative estimate of drug-likeness (QED) is 0.759. The number of halogens is 2. The number of alkyl carbamates (subject to hydrolysis) is 1. The zero-order valence-electron chi connectivity index (χ0n) is 8.17. The third kappa shape index (κ3) is 4.36. The molecule has 0 aliphatic rings. The highest BCUT2D eigenvalue weighted by Crippen LogP contribution is 2.35. The number of rotatable bonds is 2. The largest absolute Gasteiger partial charge is 0.450 e. The molecule has 0 aliphatic heterocycles. The van der Waals surface area contributed by atoms with E-state index in [2.05, 4.69) is 42.5 Å². The summed E-state index contributed by atoms with van der Waals surface area (Å²) in [5.41, 5.74) is 0. The maximum Gasteiger partial charge on any atom is 0.413 e. The number of anilines is 1. The predicted octanol–water partition coefficient (Wildman–Crippen LogP) is 3.72. The van der Waals surface area contributed by atoms with Gasteiger partial charge in [-0.2, -0.15) is 0 Å². The second-order valence-corrected chi connectivity index (χ2v) is 6.22. The average molecular weight is 388 g/mol. The molecule has 0 aromatic carbocycles. The molecule has 8 heteroatoms. The van der Waals surface area contributed by atoms with E-state index in [0.29, 0.717) is 6.61 Å². The third-order valence-corrected chi connectivity index (χ3v) is 4.02. The van der Waals surface area contributed by atoms with Crippen LogP contribution in [0.4, 0.5) is 9.80 Å². The topological polar surface area (TPSA) is 50.4 Å². The van der Waals surface area contributed by atoms with Crippen molar-refractivity contribution in [3.05, 3.63) is 14.3 Å². The number of ether oxygens (including phenoxy) is 1. The fourth-order valence-electron chi connectivity index (χ4n) is 0.820. The Bertz CT molecular complexity index is 409. The number of thiophene rings is 1. The number of hydrogen-bond donors (Lipinski definition) is 2. The van der Waals surface area contributed by atoms with Gasteiger partial charge in [0.05, 0.1) is 14.9 Å².